The van der Waals surface area contributed by atoms with Gasteiger partial charge in [-0.15, -0.1) is 0 Å². The van der Waals surface area contributed by atoms with E-state index in [1.165, 1.54) is 0 Å². The molecule has 3 aliphatic rings. The molecule has 104 valence electrons. The van der Waals surface area contributed by atoms with Crippen LogP contribution in [0.25, 0.3) is 0 Å². The molecule has 1 heterocycles. The number of hydrogen-bond acceptors (Lipinski definition) is 3. The Labute approximate surface area is 114 Å². The predicted molar refractivity (Wildman–Crippen MR) is 71.4 cm³/mol. The maximum atomic E-state index is 12.1. The Morgan fingerprint density at radius 3 is 2.53 bits per heavy atom. The molecule has 3 rings (SSSR count). The smallest absolute Gasteiger partial charge is 0.312 e. The molecule has 2 fully saturated rings. The molecule has 0 unspecified atom stereocenters. The first-order valence-corrected chi connectivity index (χ1v) is 7.23. The predicted octanol–water partition coefficient (Wildman–Crippen LogP) is 3.03. The highest BCUT2D eigenvalue weighted by Gasteiger charge is 2.58. The molecule has 1 saturated carbocycles. The number of fused-ring (bicyclic) bond motifs is 3. The molecule has 0 amide bonds. The highest BCUT2D eigenvalue weighted by atomic mass is 16.6. The lowest BCUT2D eigenvalue weighted by molar-refractivity contribution is -0.147. The van der Waals surface area contributed by atoms with E-state index in [4.69, 9.17) is 4.74 Å². The van der Waals surface area contributed by atoms with Crippen LogP contribution < -0.4 is 0 Å². The zero-order valence-electron chi connectivity index (χ0n) is 12.2. The van der Waals surface area contributed by atoms with Gasteiger partial charge < -0.3 is 4.74 Å². The summed E-state index contributed by atoms with van der Waals surface area (Å²) in [7, 11) is 0. The van der Waals surface area contributed by atoms with Crippen LogP contribution in [-0.2, 0) is 14.3 Å². The SMILES string of the molecule is CC1=C2[C@@H]3OC(=O)C(C)(C)[C@@H]3CC[C@]2(C)CCC1=O. The van der Waals surface area contributed by atoms with E-state index in [1.807, 2.05) is 20.8 Å². The molecule has 0 N–H and O–H groups in total. The third-order valence-electron chi connectivity index (χ3n) is 5.72. The van der Waals surface area contributed by atoms with Gasteiger partial charge in [0.25, 0.3) is 0 Å². The summed E-state index contributed by atoms with van der Waals surface area (Å²) in [6.07, 6.45) is 3.46. The van der Waals surface area contributed by atoms with Gasteiger partial charge in [0.1, 0.15) is 6.10 Å². The summed E-state index contributed by atoms with van der Waals surface area (Å²) < 4.78 is 5.68. The van der Waals surface area contributed by atoms with Crippen molar-refractivity contribution in [3.05, 3.63) is 11.1 Å². The van der Waals surface area contributed by atoms with Gasteiger partial charge in [-0.25, -0.2) is 0 Å². The molecule has 3 nitrogen and oxygen atoms in total. The number of Topliss-reactive ketones (excluding diaryl/α,β-unsaturated/α-hetero) is 1. The van der Waals surface area contributed by atoms with Crippen LogP contribution in [0, 0.1) is 16.7 Å². The van der Waals surface area contributed by atoms with Crippen LogP contribution >= 0.6 is 0 Å². The van der Waals surface area contributed by atoms with Crippen molar-refractivity contribution in [2.45, 2.75) is 59.5 Å². The fourth-order valence-electron chi connectivity index (χ4n) is 4.26. The van der Waals surface area contributed by atoms with Gasteiger partial charge in [0.05, 0.1) is 5.41 Å². The van der Waals surface area contributed by atoms with Gasteiger partial charge in [-0.05, 0) is 56.6 Å². The molecule has 1 saturated heterocycles. The number of carbonyl (C=O) groups is 2. The number of carbonyl (C=O) groups excluding carboxylic acids is 2. The molecule has 0 aromatic heterocycles. The van der Waals surface area contributed by atoms with Crippen LogP contribution in [0.2, 0.25) is 0 Å². The van der Waals surface area contributed by atoms with Crippen molar-refractivity contribution in [1.82, 2.24) is 0 Å². The third-order valence-corrected chi connectivity index (χ3v) is 5.72. The summed E-state index contributed by atoms with van der Waals surface area (Å²) in [6.45, 7) is 8.09. The van der Waals surface area contributed by atoms with E-state index < -0.39 is 5.41 Å². The summed E-state index contributed by atoms with van der Waals surface area (Å²) in [5, 5.41) is 0. The first-order chi connectivity index (χ1) is 8.77. The van der Waals surface area contributed by atoms with Gasteiger partial charge in [-0.2, -0.15) is 0 Å². The Morgan fingerprint density at radius 1 is 1.16 bits per heavy atom. The second-order valence-corrected chi connectivity index (χ2v) is 7.22. The van der Waals surface area contributed by atoms with Gasteiger partial charge in [0, 0.05) is 12.3 Å². The molecule has 0 spiro atoms. The molecule has 0 radical (unpaired) electrons. The van der Waals surface area contributed by atoms with Crippen molar-refractivity contribution in [2.24, 2.45) is 16.7 Å². The van der Waals surface area contributed by atoms with Gasteiger partial charge in [0.2, 0.25) is 0 Å². The van der Waals surface area contributed by atoms with Crippen molar-refractivity contribution < 1.29 is 14.3 Å². The largest absolute Gasteiger partial charge is 0.457 e. The lowest BCUT2D eigenvalue weighted by Gasteiger charge is -2.46. The van der Waals surface area contributed by atoms with Crippen LogP contribution in [0.5, 0.6) is 0 Å². The monoisotopic (exact) mass is 262 g/mol. The summed E-state index contributed by atoms with van der Waals surface area (Å²) >= 11 is 0. The average molecular weight is 262 g/mol. The average Bonchev–Trinajstić information content (AvgIpc) is 2.55. The third kappa shape index (κ3) is 1.56. The lowest BCUT2D eigenvalue weighted by atomic mass is 9.57. The summed E-state index contributed by atoms with van der Waals surface area (Å²) in [6, 6.07) is 0. The Morgan fingerprint density at radius 2 is 1.84 bits per heavy atom. The Hall–Kier alpha value is -1.12. The normalized spacial score (nSPS) is 40.8. The van der Waals surface area contributed by atoms with Gasteiger partial charge in [-0.1, -0.05) is 6.92 Å². The van der Waals surface area contributed by atoms with Crippen molar-refractivity contribution in [3.63, 3.8) is 0 Å². The summed E-state index contributed by atoms with van der Waals surface area (Å²) in [5.41, 5.74) is 1.62. The van der Waals surface area contributed by atoms with E-state index in [1.54, 1.807) is 0 Å². The number of hydrogen-bond donors (Lipinski definition) is 0. The van der Waals surface area contributed by atoms with Gasteiger partial charge >= 0.3 is 5.97 Å². The molecule has 1 aliphatic heterocycles. The van der Waals surface area contributed by atoms with E-state index in [-0.39, 0.29) is 29.2 Å². The maximum Gasteiger partial charge on any atom is 0.312 e. The van der Waals surface area contributed by atoms with Crippen molar-refractivity contribution in [1.29, 1.82) is 0 Å². The molecule has 0 aromatic carbocycles. The first-order valence-electron chi connectivity index (χ1n) is 7.23. The second kappa shape index (κ2) is 3.71. The minimum atomic E-state index is -0.417. The molecular formula is C16H22O3. The van der Waals surface area contributed by atoms with Crippen LogP contribution in [0.4, 0.5) is 0 Å². The van der Waals surface area contributed by atoms with Crippen molar-refractivity contribution in [3.8, 4) is 0 Å². The maximum absolute atomic E-state index is 12.1. The molecule has 0 bridgehead atoms. The fraction of sp³-hybridized carbons (Fsp3) is 0.750. The summed E-state index contributed by atoms with van der Waals surface area (Å²) in [4.78, 5) is 24.1. The van der Waals surface area contributed by atoms with Gasteiger partial charge in [0.15, 0.2) is 5.78 Å². The van der Waals surface area contributed by atoms with E-state index in [2.05, 4.69) is 6.92 Å². The lowest BCUT2D eigenvalue weighted by Crippen LogP contribution is -2.43. The van der Waals surface area contributed by atoms with E-state index in [0.29, 0.717) is 6.42 Å². The minimum Gasteiger partial charge on any atom is -0.457 e. The minimum absolute atomic E-state index is 0.0554. The molecule has 3 atom stereocenters. The standard InChI is InChI=1S/C16H22O3/c1-9-11(17)6-8-16(4)7-5-10-13(12(9)16)19-14(18)15(10,2)3/h10,13H,5-8H2,1-4H3/t10-,13-,16-/m1/s1. The van der Waals surface area contributed by atoms with Crippen LogP contribution in [0.1, 0.15) is 53.4 Å². The number of ether oxygens (including phenoxy) is 1. The van der Waals surface area contributed by atoms with Crippen molar-refractivity contribution >= 4 is 11.8 Å². The molecular weight excluding hydrogens is 240 g/mol. The molecule has 2 aliphatic carbocycles. The number of esters is 1. The second-order valence-electron chi connectivity index (χ2n) is 7.22. The van der Waals surface area contributed by atoms with Crippen LogP contribution in [0.3, 0.4) is 0 Å². The fourth-order valence-corrected chi connectivity index (χ4v) is 4.26. The molecule has 0 aromatic rings. The number of rotatable bonds is 0. The molecule has 3 heteroatoms. The van der Waals surface area contributed by atoms with E-state index in [9.17, 15) is 9.59 Å². The highest BCUT2D eigenvalue weighted by molar-refractivity contribution is 5.97. The highest BCUT2D eigenvalue weighted by Crippen LogP contribution is 2.57. The quantitative estimate of drug-likeness (QED) is 0.630. The zero-order chi connectivity index (χ0) is 14.0. The number of ketones is 1. The van der Waals surface area contributed by atoms with E-state index >= 15 is 0 Å². The summed E-state index contributed by atoms with van der Waals surface area (Å²) in [5.74, 6) is 0.350. The van der Waals surface area contributed by atoms with Gasteiger partial charge in [-0.3, -0.25) is 9.59 Å². The molecule has 19 heavy (non-hydrogen) atoms. The van der Waals surface area contributed by atoms with Crippen LogP contribution in [-0.4, -0.2) is 17.9 Å². The Bertz CT molecular complexity index is 500. The topological polar surface area (TPSA) is 43.4 Å². The zero-order valence-corrected chi connectivity index (χ0v) is 12.2. The Kier molecular flexibility index (Phi) is 2.52. The number of allylic oxidation sites excluding steroid dienone is 1. The van der Waals surface area contributed by atoms with Crippen LogP contribution in [0.15, 0.2) is 11.1 Å². The Balaban J connectivity index is 2.11. The van der Waals surface area contributed by atoms with E-state index in [0.717, 1.165) is 30.4 Å². The first kappa shape index (κ1) is 12.9. The van der Waals surface area contributed by atoms with Crippen molar-refractivity contribution in [2.75, 3.05) is 0 Å².